The maximum atomic E-state index is 13.5. The molecule has 1 aliphatic rings. The Morgan fingerprint density at radius 2 is 1.76 bits per heavy atom. The third-order valence-corrected chi connectivity index (χ3v) is 6.26. The van der Waals surface area contributed by atoms with Gasteiger partial charge in [0.05, 0.1) is 6.61 Å². The van der Waals surface area contributed by atoms with Crippen molar-refractivity contribution in [2.75, 3.05) is 6.61 Å². The van der Waals surface area contributed by atoms with Crippen LogP contribution in [-0.4, -0.2) is 41.1 Å². The smallest absolute Gasteiger partial charge is 0.326 e. The van der Waals surface area contributed by atoms with Crippen molar-refractivity contribution in [2.24, 2.45) is 5.92 Å². The number of allylic oxidation sites excluding steroid dienone is 2. The Balaban J connectivity index is 1.66. The maximum Gasteiger partial charge on any atom is 0.326 e. The summed E-state index contributed by atoms with van der Waals surface area (Å²) in [6, 6.07) is 15.5. The second kappa shape index (κ2) is 10.7. The zero-order chi connectivity index (χ0) is 26.6. The number of rotatable bonds is 9. The highest BCUT2D eigenvalue weighted by atomic mass is 16.5. The SMILES string of the molecule is CCOc1cccc2cc(C(=O)NC3(C(=O)N[C@H](C(=O)O)C(C)C)C=CC(c4ccccc4)C=C3)oc12. The normalized spacial score (nSPS) is 19.5. The van der Waals surface area contributed by atoms with E-state index in [1.165, 1.54) is 0 Å². The van der Waals surface area contributed by atoms with Gasteiger partial charge in [-0.3, -0.25) is 9.59 Å². The number of aliphatic carboxylic acids is 1. The first-order chi connectivity index (χ1) is 17.7. The van der Waals surface area contributed by atoms with Gasteiger partial charge in [0.25, 0.3) is 11.8 Å². The van der Waals surface area contributed by atoms with Crippen LogP contribution in [0.25, 0.3) is 11.0 Å². The number of benzene rings is 2. The van der Waals surface area contributed by atoms with E-state index in [2.05, 4.69) is 10.6 Å². The maximum absolute atomic E-state index is 13.5. The highest BCUT2D eigenvalue weighted by molar-refractivity contribution is 6.03. The van der Waals surface area contributed by atoms with Crippen molar-refractivity contribution in [3.63, 3.8) is 0 Å². The Kier molecular flexibility index (Phi) is 7.47. The van der Waals surface area contributed by atoms with Gasteiger partial charge in [-0.15, -0.1) is 0 Å². The molecule has 3 N–H and O–H groups in total. The van der Waals surface area contributed by atoms with Crippen molar-refractivity contribution in [1.82, 2.24) is 10.6 Å². The number of ether oxygens (including phenoxy) is 1. The van der Waals surface area contributed by atoms with Crippen LogP contribution in [0.2, 0.25) is 0 Å². The first kappa shape index (κ1) is 25.8. The van der Waals surface area contributed by atoms with Crippen LogP contribution < -0.4 is 15.4 Å². The number of fused-ring (bicyclic) bond motifs is 1. The average Bonchev–Trinajstić information content (AvgIpc) is 3.33. The molecule has 0 radical (unpaired) electrons. The topological polar surface area (TPSA) is 118 Å². The van der Waals surface area contributed by atoms with E-state index < -0.39 is 29.4 Å². The molecule has 8 heteroatoms. The molecule has 0 unspecified atom stereocenters. The molecule has 1 heterocycles. The van der Waals surface area contributed by atoms with E-state index in [0.717, 1.165) is 5.56 Å². The molecular weight excluding hydrogens is 472 g/mol. The summed E-state index contributed by atoms with van der Waals surface area (Å²) in [5.74, 6) is -2.41. The van der Waals surface area contributed by atoms with Crippen LogP contribution in [0.15, 0.2) is 83.3 Å². The number of hydrogen-bond acceptors (Lipinski definition) is 5. The summed E-state index contributed by atoms with van der Waals surface area (Å²) in [7, 11) is 0. The highest BCUT2D eigenvalue weighted by Gasteiger charge is 2.40. The fraction of sp³-hybridized carbons (Fsp3) is 0.276. The molecule has 0 spiro atoms. The number of furan rings is 1. The first-order valence-corrected chi connectivity index (χ1v) is 12.2. The van der Waals surface area contributed by atoms with Gasteiger partial charge in [-0.2, -0.15) is 0 Å². The van der Waals surface area contributed by atoms with Gasteiger partial charge in [-0.1, -0.05) is 68.5 Å². The molecule has 3 aromatic rings. The van der Waals surface area contributed by atoms with Crippen molar-refractivity contribution in [2.45, 2.75) is 38.3 Å². The predicted octanol–water partition coefficient (Wildman–Crippen LogP) is 4.44. The number of carbonyl (C=O) groups excluding carboxylic acids is 2. The summed E-state index contributed by atoms with van der Waals surface area (Å²) in [5.41, 5.74) is -0.175. The standard InChI is InChI=1S/C29H30N2O6/c1-4-36-22-12-8-11-21-17-23(37-25(21)22)26(32)31-29(28(35)30-24(18(2)3)27(33)34)15-13-20(14-16-29)19-9-6-5-7-10-19/h5-18,20,24H,4H2,1-3H3,(H,30,35)(H,31,32)(H,33,34)/t20?,24-,29?/m0/s1. The number of hydrogen-bond donors (Lipinski definition) is 3. The zero-order valence-corrected chi connectivity index (χ0v) is 20.9. The largest absolute Gasteiger partial charge is 0.490 e. The van der Waals surface area contributed by atoms with Gasteiger partial charge in [0.15, 0.2) is 22.6 Å². The zero-order valence-electron chi connectivity index (χ0n) is 20.9. The fourth-order valence-corrected chi connectivity index (χ4v) is 4.26. The third kappa shape index (κ3) is 5.43. The van der Waals surface area contributed by atoms with Gasteiger partial charge in [-0.05, 0) is 42.7 Å². The summed E-state index contributed by atoms with van der Waals surface area (Å²) in [6.07, 6.45) is 6.80. The molecule has 0 aliphatic heterocycles. The summed E-state index contributed by atoms with van der Waals surface area (Å²) < 4.78 is 11.4. The lowest BCUT2D eigenvalue weighted by Crippen LogP contribution is -2.60. The van der Waals surface area contributed by atoms with Crippen molar-refractivity contribution < 1.29 is 28.6 Å². The molecule has 0 saturated carbocycles. The molecule has 4 rings (SSSR count). The molecule has 2 aromatic carbocycles. The second-order valence-corrected chi connectivity index (χ2v) is 9.23. The van der Waals surface area contributed by atoms with Gasteiger partial charge >= 0.3 is 5.97 Å². The quantitative estimate of drug-likeness (QED) is 0.373. The van der Waals surface area contributed by atoms with Crippen molar-refractivity contribution >= 4 is 28.8 Å². The van der Waals surface area contributed by atoms with Gasteiger partial charge in [0, 0.05) is 11.3 Å². The molecule has 1 atom stereocenters. The van der Waals surface area contributed by atoms with E-state index in [-0.39, 0.29) is 17.6 Å². The monoisotopic (exact) mass is 502 g/mol. The Labute approximate surface area is 215 Å². The van der Waals surface area contributed by atoms with E-state index in [4.69, 9.17) is 9.15 Å². The molecule has 192 valence electrons. The van der Waals surface area contributed by atoms with Crippen LogP contribution in [0.1, 0.15) is 42.8 Å². The van der Waals surface area contributed by atoms with E-state index in [0.29, 0.717) is 23.3 Å². The molecule has 1 aromatic heterocycles. The summed E-state index contributed by atoms with van der Waals surface area (Å²) >= 11 is 0. The van der Waals surface area contributed by atoms with E-state index in [9.17, 15) is 19.5 Å². The average molecular weight is 503 g/mol. The molecule has 0 saturated heterocycles. The lowest BCUT2D eigenvalue weighted by atomic mass is 9.85. The lowest BCUT2D eigenvalue weighted by Gasteiger charge is -2.32. The van der Waals surface area contributed by atoms with E-state index in [1.807, 2.05) is 49.4 Å². The number of para-hydroxylation sites is 1. The first-order valence-electron chi connectivity index (χ1n) is 12.2. The van der Waals surface area contributed by atoms with E-state index >= 15 is 0 Å². The second-order valence-electron chi connectivity index (χ2n) is 9.23. The fourth-order valence-electron chi connectivity index (χ4n) is 4.26. The lowest BCUT2D eigenvalue weighted by molar-refractivity contribution is -0.143. The molecule has 1 aliphatic carbocycles. The molecular formula is C29H30N2O6. The molecule has 2 amide bonds. The summed E-state index contributed by atoms with van der Waals surface area (Å²) in [4.78, 5) is 38.6. The minimum atomic E-state index is -1.62. The van der Waals surface area contributed by atoms with E-state index in [1.54, 1.807) is 50.3 Å². The number of carbonyl (C=O) groups is 3. The van der Waals surface area contributed by atoms with Crippen LogP contribution in [-0.2, 0) is 9.59 Å². The molecule has 0 fully saturated rings. The van der Waals surface area contributed by atoms with Gasteiger partial charge in [0.1, 0.15) is 6.04 Å². The minimum Gasteiger partial charge on any atom is -0.490 e. The number of carboxylic acids is 1. The number of carboxylic acid groups (broad SMARTS) is 1. The molecule has 8 nitrogen and oxygen atoms in total. The number of amides is 2. The Morgan fingerprint density at radius 1 is 1.05 bits per heavy atom. The summed E-state index contributed by atoms with van der Waals surface area (Å²) in [6.45, 7) is 5.69. The minimum absolute atomic E-state index is 0.0000416. The Hall–Kier alpha value is -4.33. The van der Waals surface area contributed by atoms with Crippen LogP contribution in [0.5, 0.6) is 5.75 Å². The number of nitrogens with one attached hydrogen (secondary N) is 2. The third-order valence-electron chi connectivity index (χ3n) is 6.26. The predicted molar refractivity (Wildman–Crippen MR) is 139 cm³/mol. The van der Waals surface area contributed by atoms with Gasteiger partial charge in [0.2, 0.25) is 0 Å². The molecule has 0 bridgehead atoms. The van der Waals surface area contributed by atoms with Gasteiger partial charge in [-0.25, -0.2) is 4.79 Å². The van der Waals surface area contributed by atoms with Crippen LogP contribution in [0.3, 0.4) is 0 Å². The highest BCUT2D eigenvalue weighted by Crippen LogP contribution is 2.31. The van der Waals surface area contributed by atoms with Crippen molar-refractivity contribution in [3.05, 3.63) is 90.2 Å². The van der Waals surface area contributed by atoms with Gasteiger partial charge < -0.3 is 24.9 Å². The molecule has 37 heavy (non-hydrogen) atoms. The van der Waals surface area contributed by atoms with Crippen molar-refractivity contribution in [3.8, 4) is 5.75 Å². The Bertz CT molecular complexity index is 1340. The van der Waals surface area contributed by atoms with Crippen LogP contribution >= 0.6 is 0 Å². The van der Waals surface area contributed by atoms with Crippen LogP contribution in [0.4, 0.5) is 0 Å². The van der Waals surface area contributed by atoms with Crippen LogP contribution in [0, 0.1) is 5.92 Å². The Morgan fingerprint density at radius 3 is 2.38 bits per heavy atom. The van der Waals surface area contributed by atoms with Crippen molar-refractivity contribution in [1.29, 1.82) is 0 Å². The summed E-state index contributed by atoms with van der Waals surface area (Å²) in [5, 5.41) is 15.6.